The minimum Gasteiger partial charge on any atom is -0.293 e. The van der Waals surface area contributed by atoms with E-state index in [0.29, 0.717) is 11.8 Å². The van der Waals surface area contributed by atoms with Gasteiger partial charge in [-0.2, -0.15) is 0 Å². The molecule has 0 N–H and O–H groups in total. The molecule has 1 nitrogen and oxygen atoms in total. The number of rotatable bonds is 2. The molecule has 20 heavy (non-hydrogen) atoms. The highest BCUT2D eigenvalue weighted by Crippen LogP contribution is 2.44. The SMILES string of the molecule is CC(C)[C@]1(Br)CC[C@H](C)/C(=C\c2ccc(Br)cc2)C1=O. The molecule has 108 valence electrons. The van der Waals surface area contributed by atoms with Crippen molar-refractivity contribution >= 4 is 43.7 Å². The second-order valence-electron chi connectivity index (χ2n) is 5.94. The van der Waals surface area contributed by atoms with E-state index in [-0.39, 0.29) is 10.1 Å². The Bertz CT molecular complexity index is 530. The fourth-order valence-electron chi connectivity index (χ4n) is 2.66. The first-order valence-corrected chi connectivity index (χ1v) is 8.64. The molecule has 0 bridgehead atoms. The molecule has 2 rings (SSSR count). The van der Waals surface area contributed by atoms with Crippen LogP contribution < -0.4 is 0 Å². The van der Waals surface area contributed by atoms with E-state index >= 15 is 0 Å². The van der Waals surface area contributed by atoms with E-state index in [1.807, 2.05) is 24.3 Å². The smallest absolute Gasteiger partial charge is 0.176 e. The summed E-state index contributed by atoms with van der Waals surface area (Å²) in [5.74, 6) is 0.889. The molecule has 1 aromatic rings. The van der Waals surface area contributed by atoms with Gasteiger partial charge in [0.25, 0.3) is 0 Å². The molecule has 0 spiro atoms. The Kier molecular flexibility index (Phi) is 4.91. The fourth-order valence-corrected chi connectivity index (χ4v) is 3.38. The Balaban J connectivity index is 2.37. The first-order valence-electron chi connectivity index (χ1n) is 7.05. The zero-order chi connectivity index (χ0) is 14.9. The second-order valence-corrected chi connectivity index (χ2v) is 8.27. The maximum Gasteiger partial charge on any atom is 0.176 e. The Morgan fingerprint density at radius 3 is 2.45 bits per heavy atom. The number of allylic oxidation sites excluding steroid dienone is 1. The molecule has 1 aliphatic rings. The minimum absolute atomic E-state index is 0.258. The molecule has 3 heteroatoms. The van der Waals surface area contributed by atoms with Gasteiger partial charge in [-0.15, -0.1) is 0 Å². The molecule has 0 aromatic heterocycles. The quantitative estimate of drug-likeness (QED) is 0.465. The average Bonchev–Trinajstić information content (AvgIpc) is 2.41. The lowest BCUT2D eigenvalue weighted by Crippen LogP contribution is -2.43. The summed E-state index contributed by atoms with van der Waals surface area (Å²) in [6.07, 6.45) is 4.02. The Morgan fingerprint density at radius 2 is 1.90 bits per heavy atom. The van der Waals surface area contributed by atoms with Crippen molar-refractivity contribution in [1.29, 1.82) is 0 Å². The third-order valence-corrected chi connectivity index (χ3v) is 6.42. The van der Waals surface area contributed by atoms with Gasteiger partial charge in [-0.3, -0.25) is 4.79 Å². The van der Waals surface area contributed by atoms with E-state index in [2.05, 4.69) is 58.7 Å². The summed E-state index contributed by atoms with van der Waals surface area (Å²) in [5.41, 5.74) is 2.04. The van der Waals surface area contributed by atoms with Gasteiger partial charge < -0.3 is 0 Å². The number of halogens is 2. The zero-order valence-corrected chi connectivity index (χ0v) is 15.3. The third-order valence-electron chi connectivity index (χ3n) is 4.22. The molecule has 2 atom stereocenters. The Morgan fingerprint density at radius 1 is 1.30 bits per heavy atom. The molecule has 0 radical (unpaired) electrons. The molecule has 1 fully saturated rings. The monoisotopic (exact) mass is 398 g/mol. The van der Waals surface area contributed by atoms with Crippen LogP contribution in [0.1, 0.15) is 39.2 Å². The van der Waals surface area contributed by atoms with E-state index in [4.69, 9.17) is 0 Å². The molecule has 0 saturated heterocycles. The second kappa shape index (κ2) is 6.15. The Labute approximate surface area is 138 Å². The summed E-state index contributed by atoms with van der Waals surface area (Å²) in [5, 5.41) is 0. The van der Waals surface area contributed by atoms with Crippen LogP contribution in [0.5, 0.6) is 0 Å². The fraction of sp³-hybridized carbons (Fsp3) is 0.471. The van der Waals surface area contributed by atoms with Gasteiger partial charge in [-0.1, -0.05) is 64.8 Å². The average molecular weight is 400 g/mol. The molecule has 0 unspecified atom stereocenters. The molecule has 1 aromatic carbocycles. The van der Waals surface area contributed by atoms with Gasteiger partial charge in [0.05, 0.1) is 4.32 Å². The predicted molar refractivity (Wildman–Crippen MR) is 92.0 cm³/mol. The molecular formula is C17H20Br2O. The summed E-state index contributed by atoms with van der Waals surface area (Å²) in [7, 11) is 0. The van der Waals surface area contributed by atoms with Crippen LogP contribution in [0.25, 0.3) is 6.08 Å². The summed E-state index contributed by atoms with van der Waals surface area (Å²) in [6, 6.07) is 8.09. The van der Waals surface area contributed by atoms with Crippen molar-refractivity contribution in [3.05, 3.63) is 39.9 Å². The van der Waals surface area contributed by atoms with Gasteiger partial charge in [0, 0.05) is 10.0 Å². The Hall–Kier alpha value is -0.410. The summed E-state index contributed by atoms with van der Waals surface area (Å²) >= 11 is 7.16. The third kappa shape index (κ3) is 3.09. The van der Waals surface area contributed by atoms with Crippen LogP contribution in [0, 0.1) is 11.8 Å². The van der Waals surface area contributed by atoms with Crippen molar-refractivity contribution in [1.82, 2.24) is 0 Å². The number of alkyl halides is 1. The van der Waals surface area contributed by atoms with Crippen LogP contribution in [0.2, 0.25) is 0 Å². The lowest BCUT2D eigenvalue weighted by molar-refractivity contribution is -0.120. The summed E-state index contributed by atoms with van der Waals surface area (Å²) in [4.78, 5) is 12.8. The normalized spacial score (nSPS) is 29.2. The summed E-state index contributed by atoms with van der Waals surface area (Å²) in [6.45, 7) is 6.37. The van der Waals surface area contributed by atoms with Crippen LogP contribution >= 0.6 is 31.9 Å². The van der Waals surface area contributed by atoms with Crippen LogP contribution in [0.3, 0.4) is 0 Å². The zero-order valence-electron chi connectivity index (χ0n) is 12.1. The number of hydrogen-bond acceptors (Lipinski definition) is 1. The van der Waals surface area contributed by atoms with Crippen molar-refractivity contribution in [2.45, 2.75) is 37.9 Å². The number of benzene rings is 1. The highest BCUT2D eigenvalue weighted by Gasteiger charge is 2.44. The maximum atomic E-state index is 12.8. The topological polar surface area (TPSA) is 17.1 Å². The molecule has 0 heterocycles. The number of Topliss-reactive ketones (excluding diaryl/α,β-unsaturated/α-hetero) is 1. The van der Waals surface area contributed by atoms with E-state index < -0.39 is 0 Å². The molecule has 0 amide bonds. The molecular weight excluding hydrogens is 380 g/mol. The van der Waals surface area contributed by atoms with E-state index in [0.717, 1.165) is 28.5 Å². The lowest BCUT2D eigenvalue weighted by Gasteiger charge is -2.38. The van der Waals surface area contributed by atoms with Crippen LogP contribution in [0.4, 0.5) is 0 Å². The maximum absolute atomic E-state index is 12.8. The van der Waals surface area contributed by atoms with Gasteiger partial charge in [-0.05, 0) is 48.4 Å². The van der Waals surface area contributed by atoms with Crippen LogP contribution in [0.15, 0.2) is 34.3 Å². The highest BCUT2D eigenvalue weighted by molar-refractivity contribution is 9.10. The molecule has 1 saturated carbocycles. The van der Waals surface area contributed by atoms with Crippen molar-refractivity contribution in [3.8, 4) is 0 Å². The molecule has 1 aliphatic carbocycles. The first-order chi connectivity index (χ1) is 9.34. The van der Waals surface area contributed by atoms with Gasteiger partial charge in [0.15, 0.2) is 5.78 Å². The molecule has 0 aliphatic heterocycles. The van der Waals surface area contributed by atoms with E-state index in [1.54, 1.807) is 0 Å². The van der Waals surface area contributed by atoms with Gasteiger partial charge >= 0.3 is 0 Å². The van der Waals surface area contributed by atoms with Crippen molar-refractivity contribution in [2.24, 2.45) is 11.8 Å². The first kappa shape index (κ1) is 16.0. The lowest BCUT2D eigenvalue weighted by atomic mass is 9.73. The summed E-state index contributed by atoms with van der Waals surface area (Å²) < 4.78 is 0.667. The van der Waals surface area contributed by atoms with Crippen LogP contribution in [-0.2, 0) is 4.79 Å². The van der Waals surface area contributed by atoms with E-state index in [1.165, 1.54) is 0 Å². The van der Waals surface area contributed by atoms with Crippen molar-refractivity contribution in [2.75, 3.05) is 0 Å². The predicted octanol–water partition coefficient (Wildman–Crippen LogP) is 5.62. The van der Waals surface area contributed by atoms with Crippen molar-refractivity contribution < 1.29 is 4.79 Å². The minimum atomic E-state index is -0.388. The largest absolute Gasteiger partial charge is 0.293 e. The van der Waals surface area contributed by atoms with E-state index in [9.17, 15) is 4.79 Å². The van der Waals surface area contributed by atoms with Crippen molar-refractivity contribution in [3.63, 3.8) is 0 Å². The number of carbonyl (C=O) groups is 1. The van der Waals surface area contributed by atoms with Gasteiger partial charge in [0.1, 0.15) is 0 Å². The highest BCUT2D eigenvalue weighted by atomic mass is 79.9. The number of ketones is 1. The van der Waals surface area contributed by atoms with Gasteiger partial charge in [-0.25, -0.2) is 0 Å². The standard InChI is InChI=1S/C17H20Br2O/c1-11(2)17(19)9-8-12(3)15(16(17)20)10-13-4-6-14(18)7-5-13/h4-7,10-12H,8-9H2,1-3H3/b15-10+/t12-,17+/m0/s1. The number of hydrogen-bond donors (Lipinski definition) is 0. The van der Waals surface area contributed by atoms with Gasteiger partial charge in [0.2, 0.25) is 0 Å². The van der Waals surface area contributed by atoms with Crippen LogP contribution in [-0.4, -0.2) is 10.1 Å². The number of carbonyl (C=O) groups excluding carboxylic acids is 1.